The molecule has 0 amide bonds. The lowest BCUT2D eigenvalue weighted by molar-refractivity contribution is 0.427. The molecule has 1 fully saturated rings. The van der Waals surface area contributed by atoms with Crippen LogP contribution in [-0.2, 0) is 7.05 Å². The molecule has 2 aromatic rings. The Balaban J connectivity index is 1.99. The van der Waals surface area contributed by atoms with Crippen LogP contribution >= 0.6 is 0 Å². The molecule has 0 spiro atoms. The van der Waals surface area contributed by atoms with Gasteiger partial charge >= 0.3 is 0 Å². The molecule has 3 rings (SSSR count). The third-order valence-electron chi connectivity index (χ3n) is 4.08. The molecule has 0 bridgehead atoms. The minimum Gasteiger partial charge on any atom is -0.396 e. The molecule has 1 aromatic heterocycles. The van der Waals surface area contributed by atoms with Gasteiger partial charge in [0.2, 0.25) is 0 Å². The van der Waals surface area contributed by atoms with Crippen molar-refractivity contribution >= 4 is 5.69 Å². The van der Waals surface area contributed by atoms with Gasteiger partial charge in [0.15, 0.2) is 11.6 Å². The van der Waals surface area contributed by atoms with Gasteiger partial charge < -0.3 is 5.73 Å². The molecule has 0 radical (unpaired) electrons. The summed E-state index contributed by atoms with van der Waals surface area (Å²) in [5, 5.41) is 4.41. The van der Waals surface area contributed by atoms with Crippen molar-refractivity contribution in [3.8, 4) is 11.4 Å². The maximum atomic E-state index is 14.0. The van der Waals surface area contributed by atoms with Crippen molar-refractivity contribution in [3.05, 3.63) is 29.6 Å². The molecule has 6 heteroatoms. The zero-order valence-electron chi connectivity index (χ0n) is 11.9. The fourth-order valence-electron chi connectivity index (χ4n) is 2.91. The number of nitrogens with zero attached hydrogens (tertiary/aromatic N) is 3. The van der Waals surface area contributed by atoms with Gasteiger partial charge in [0, 0.05) is 19.0 Å². The molecule has 0 unspecified atom stereocenters. The van der Waals surface area contributed by atoms with E-state index in [9.17, 15) is 8.78 Å². The van der Waals surface area contributed by atoms with E-state index in [2.05, 4.69) is 10.1 Å². The minimum absolute atomic E-state index is 0.0892. The average molecular weight is 292 g/mol. The van der Waals surface area contributed by atoms with Crippen molar-refractivity contribution in [1.29, 1.82) is 0 Å². The first-order chi connectivity index (χ1) is 10.1. The van der Waals surface area contributed by atoms with Gasteiger partial charge in [0.1, 0.15) is 11.6 Å². The van der Waals surface area contributed by atoms with E-state index in [-0.39, 0.29) is 11.3 Å². The highest BCUT2D eigenvalue weighted by atomic mass is 19.1. The van der Waals surface area contributed by atoms with Crippen LogP contribution in [0.15, 0.2) is 12.1 Å². The van der Waals surface area contributed by atoms with E-state index in [1.807, 2.05) is 0 Å². The second-order valence-electron chi connectivity index (χ2n) is 5.61. The van der Waals surface area contributed by atoms with Crippen LogP contribution in [0.2, 0.25) is 0 Å². The Kier molecular flexibility index (Phi) is 3.61. The molecule has 2 N–H and O–H groups in total. The smallest absolute Gasteiger partial charge is 0.161 e. The summed E-state index contributed by atoms with van der Waals surface area (Å²) in [6.45, 7) is 0. The summed E-state index contributed by atoms with van der Waals surface area (Å²) in [5.74, 6) is 0.0344. The van der Waals surface area contributed by atoms with Crippen LogP contribution in [0.4, 0.5) is 14.5 Å². The lowest BCUT2D eigenvalue weighted by Gasteiger charge is -2.18. The molecule has 1 aliphatic rings. The Bertz CT molecular complexity index is 660. The van der Waals surface area contributed by atoms with E-state index in [1.165, 1.54) is 25.3 Å². The number of benzene rings is 1. The molecule has 1 heterocycles. The van der Waals surface area contributed by atoms with Gasteiger partial charge in [0.25, 0.3) is 0 Å². The monoisotopic (exact) mass is 292 g/mol. The van der Waals surface area contributed by atoms with Crippen LogP contribution in [-0.4, -0.2) is 14.8 Å². The lowest BCUT2D eigenvalue weighted by atomic mass is 9.89. The van der Waals surface area contributed by atoms with Crippen LogP contribution < -0.4 is 5.73 Å². The number of aromatic nitrogens is 3. The highest BCUT2D eigenvalue weighted by Crippen LogP contribution is 2.32. The maximum Gasteiger partial charge on any atom is 0.161 e. The van der Waals surface area contributed by atoms with E-state index in [1.54, 1.807) is 11.7 Å². The van der Waals surface area contributed by atoms with Crippen LogP contribution in [0.5, 0.6) is 0 Å². The van der Waals surface area contributed by atoms with E-state index in [0.29, 0.717) is 11.7 Å². The van der Waals surface area contributed by atoms with E-state index in [0.717, 1.165) is 24.7 Å². The standard InChI is InChI=1S/C15H18F2N4/c1-21-15(10-7-13(18)12(17)8-11(10)16)19-14(20-21)9-5-3-2-4-6-9/h7-9H,2-6,18H2,1H3. The summed E-state index contributed by atoms with van der Waals surface area (Å²) < 4.78 is 28.8. The van der Waals surface area contributed by atoms with Crippen LogP contribution in [0.1, 0.15) is 43.8 Å². The summed E-state index contributed by atoms with van der Waals surface area (Å²) in [6, 6.07) is 2.07. The fraction of sp³-hybridized carbons (Fsp3) is 0.467. The number of rotatable bonds is 2. The van der Waals surface area contributed by atoms with Gasteiger partial charge in [-0.1, -0.05) is 19.3 Å². The second-order valence-corrected chi connectivity index (χ2v) is 5.61. The molecule has 112 valence electrons. The number of aryl methyl sites for hydroxylation is 1. The van der Waals surface area contributed by atoms with Gasteiger partial charge in [-0.15, -0.1) is 0 Å². The molecule has 0 atom stereocenters. The summed E-state index contributed by atoms with van der Waals surface area (Å²) in [4.78, 5) is 4.47. The van der Waals surface area contributed by atoms with E-state index in [4.69, 9.17) is 5.73 Å². The maximum absolute atomic E-state index is 14.0. The van der Waals surface area contributed by atoms with Crippen molar-refractivity contribution in [2.45, 2.75) is 38.0 Å². The van der Waals surface area contributed by atoms with Crippen LogP contribution in [0.25, 0.3) is 11.4 Å². The number of halogens is 2. The molecular formula is C15H18F2N4. The van der Waals surface area contributed by atoms with E-state index >= 15 is 0 Å². The molecule has 1 aliphatic carbocycles. The zero-order valence-corrected chi connectivity index (χ0v) is 11.9. The number of anilines is 1. The first-order valence-electron chi connectivity index (χ1n) is 7.22. The number of hydrogen-bond donors (Lipinski definition) is 1. The highest BCUT2D eigenvalue weighted by molar-refractivity contribution is 5.62. The van der Waals surface area contributed by atoms with Crippen molar-refractivity contribution in [1.82, 2.24) is 14.8 Å². The summed E-state index contributed by atoms with van der Waals surface area (Å²) in [6.07, 6.45) is 5.74. The molecular weight excluding hydrogens is 274 g/mol. The molecule has 0 saturated heterocycles. The molecule has 21 heavy (non-hydrogen) atoms. The SMILES string of the molecule is Cn1nc(C2CCCCC2)nc1-c1cc(N)c(F)cc1F. The molecule has 1 saturated carbocycles. The van der Waals surface area contributed by atoms with Gasteiger partial charge in [0.05, 0.1) is 11.3 Å². The third kappa shape index (κ3) is 2.62. The average Bonchev–Trinajstić information content (AvgIpc) is 2.86. The van der Waals surface area contributed by atoms with Crippen molar-refractivity contribution in [3.63, 3.8) is 0 Å². The minimum atomic E-state index is -0.758. The summed E-state index contributed by atoms with van der Waals surface area (Å²) in [5.41, 5.74) is 5.62. The molecule has 0 aliphatic heterocycles. The van der Waals surface area contributed by atoms with Crippen LogP contribution in [0, 0.1) is 11.6 Å². The normalized spacial score (nSPS) is 16.3. The lowest BCUT2D eigenvalue weighted by Crippen LogP contribution is -2.06. The quantitative estimate of drug-likeness (QED) is 0.863. The van der Waals surface area contributed by atoms with Crippen LogP contribution in [0.3, 0.4) is 0 Å². The Hall–Kier alpha value is -1.98. The second kappa shape index (κ2) is 5.42. The zero-order chi connectivity index (χ0) is 15.0. The Morgan fingerprint density at radius 3 is 2.57 bits per heavy atom. The van der Waals surface area contributed by atoms with Crippen molar-refractivity contribution < 1.29 is 8.78 Å². The van der Waals surface area contributed by atoms with Crippen molar-refractivity contribution in [2.75, 3.05) is 5.73 Å². The topological polar surface area (TPSA) is 56.7 Å². The van der Waals surface area contributed by atoms with Gasteiger partial charge in [-0.3, -0.25) is 0 Å². The van der Waals surface area contributed by atoms with Crippen molar-refractivity contribution in [2.24, 2.45) is 7.05 Å². The Morgan fingerprint density at radius 1 is 1.14 bits per heavy atom. The summed E-state index contributed by atoms with van der Waals surface area (Å²) >= 11 is 0. The Morgan fingerprint density at radius 2 is 1.86 bits per heavy atom. The molecule has 4 nitrogen and oxygen atoms in total. The first-order valence-corrected chi connectivity index (χ1v) is 7.22. The summed E-state index contributed by atoms with van der Waals surface area (Å²) in [7, 11) is 1.72. The fourth-order valence-corrected chi connectivity index (χ4v) is 2.91. The number of hydrogen-bond acceptors (Lipinski definition) is 3. The van der Waals surface area contributed by atoms with E-state index < -0.39 is 11.6 Å². The highest BCUT2D eigenvalue weighted by Gasteiger charge is 2.22. The Labute approximate surface area is 122 Å². The van der Waals surface area contributed by atoms with Gasteiger partial charge in [-0.05, 0) is 18.9 Å². The number of nitrogen functional groups attached to an aromatic ring is 1. The van der Waals surface area contributed by atoms with Gasteiger partial charge in [-0.25, -0.2) is 18.4 Å². The largest absolute Gasteiger partial charge is 0.396 e. The third-order valence-corrected chi connectivity index (χ3v) is 4.08. The predicted molar refractivity (Wildman–Crippen MR) is 76.6 cm³/mol. The van der Waals surface area contributed by atoms with Gasteiger partial charge in [-0.2, -0.15) is 5.10 Å². The molecule has 1 aromatic carbocycles. The number of nitrogens with two attached hydrogens (primary N) is 1. The first kappa shape index (κ1) is 14.0. The predicted octanol–water partition coefficient (Wildman–Crippen LogP) is 3.39.